The summed E-state index contributed by atoms with van der Waals surface area (Å²) in [6.45, 7) is 2.88. The molecule has 0 spiro atoms. The third-order valence-corrected chi connectivity index (χ3v) is 3.32. The molecule has 1 rings (SSSR count). The third kappa shape index (κ3) is 6.66. The van der Waals surface area contributed by atoms with Gasteiger partial charge in [0.1, 0.15) is 0 Å². The fourth-order valence-corrected chi connectivity index (χ4v) is 2.05. The van der Waals surface area contributed by atoms with Gasteiger partial charge in [-0.05, 0) is 24.6 Å². The van der Waals surface area contributed by atoms with Gasteiger partial charge in [-0.2, -0.15) is 0 Å². The number of carbonyl (C=O) groups excluding carboxylic acids is 1. The molecule has 0 heterocycles. The molecule has 0 aliphatic rings. The van der Waals surface area contributed by atoms with Gasteiger partial charge in [0.2, 0.25) is 0 Å². The van der Waals surface area contributed by atoms with Crippen molar-refractivity contribution in [1.82, 2.24) is 5.32 Å². The predicted octanol–water partition coefficient (Wildman–Crippen LogP) is 3.38. The Labute approximate surface area is 131 Å². The standard InChI is InChI=1S/C17H22ClNO2/c1-2-3-4-6-11-19-17(21)15-10-9-14(16(18)13-15)8-5-7-12-20/h9-10,13,20H,2-4,6-7,11-12H2,1H3,(H,19,21). The summed E-state index contributed by atoms with van der Waals surface area (Å²) < 4.78 is 0. The molecule has 0 unspecified atom stereocenters. The minimum absolute atomic E-state index is 0.0309. The summed E-state index contributed by atoms with van der Waals surface area (Å²) in [6, 6.07) is 5.08. The smallest absolute Gasteiger partial charge is 0.251 e. The van der Waals surface area contributed by atoms with Gasteiger partial charge in [-0.3, -0.25) is 4.79 Å². The molecule has 0 fully saturated rings. The van der Waals surface area contributed by atoms with Gasteiger partial charge in [0.05, 0.1) is 11.6 Å². The van der Waals surface area contributed by atoms with E-state index in [1.807, 2.05) is 0 Å². The first kappa shape index (κ1) is 17.6. The fraction of sp³-hybridized carbons (Fsp3) is 0.471. The lowest BCUT2D eigenvalue weighted by Gasteiger charge is -2.06. The number of amides is 1. The second-order valence-corrected chi connectivity index (χ2v) is 5.19. The Hall–Kier alpha value is -1.50. The molecule has 0 radical (unpaired) electrons. The van der Waals surface area contributed by atoms with Crippen molar-refractivity contribution in [2.24, 2.45) is 0 Å². The second-order valence-electron chi connectivity index (χ2n) is 4.79. The number of aliphatic hydroxyl groups excluding tert-OH is 1. The number of hydrogen-bond donors (Lipinski definition) is 2. The van der Waals surface area contributed by atoms with E-state index in [9.17, 15) is 4.79 Å². The highest BCUT2D eigenvalue weighted by Crippen LogP contribution is 2.17. The van der Waals surface area contributed by atoms with E-state index in [0.717, 1.165) is 12.8 Å². The number of carbonyl (C=O) groups is 1. The van der Waals surface area contributed by atoms with Crippen molar-refractivity contribution >= 4 is 17.5 Å². The highest BCUT2D eigenvalue weighted by atomic mass is 35.5. The molecule has 0 saturated heterocycles. The van der Waals surface area contributed by atoms with Crippen LogP contribution in [0.4, 0.5) is 0 Å². The highest BCUT2D eigenvalue weighted by Gasteiger charge is 2.07. The van der Waals surface area contributed by atoms with Crippen LogP contribution < -0.4 is 5.32 Å². The summed E-state index contributed by atoms with van der Waals surface area (Å²) in [6.07, 6.45) is 4.93. The molecule has 4 heteroatoms. The number of nitrogens with one attached hydrogen (secondary N) is 1. The van der Waals surface area contributed by atoms with E-state index in [0.29, 0.717) is 29.1 Å². The van der Waals surface area contributed by atoms with Crippen molar-refractivity contribution in [3.63, 3.8) is 0 Å². The van der Waals surface area contributed by atoms with Crippen LogP contribution in [0.1, 0.15) is 54.9 Å². The van der Waals surface area contributed by atoms with E-state index in [1.54, 1.807) is 18.2 Å². The van der Waals surface area contributed by atoms with Crippen LogP contribution in [0, 0.1) is 11.8 Å². The summed E-state index contributed by atoms with van der Waals surface area (Å²) in [4.78, 5) is 12.0. The van der Waals surface area contributed by atoms with Crippen LogP contribution in [0.25, 0.3) is 0 Å². The number of aliphatic hydroxyl groups is 1. The van der Waals surface area contributed by atoms with E-state index in [1.165, 1.54) is 12.8 Å². The maximum atomic E-state index is 12.0. The van der Waals surface area contributed by atoms with Gasteiger partial charge in [-0.1, -0.05) is 49.6 Å². The average Bonchev–Trinajstić information content (AvgIpc) is 2.48. The number of unbranched alkanes of at least 4 members (excludes halogenated alkanes) is 3. The Kier molecular flexibility index (Phi) is 8.57. The number of rotatable bonds is 7. The quantitative estimate of drug-likeness (QED) is 0.599. The normalized spacial score (nSPS) is 9.86. The molecule has 0 bridgehead atoms. The predicted molar refractivity (Wildman–Crippen MR) is 86.5 cm³/mol. The van der Waals surface area contributed by atoms with E-state index < -0.39 is 0 Å². The van der Waals surface area contributed by atoms with Gasteiger partial charge >= 0.3 is 0 Å². The van der Waals surface area contributed by atoms with Crippen LogP contribution in [0.3, 0.4) is 0 Å². The van der Waals surface area contributed by atoms with Crippen LogP contribution in [0.15, 0.2) is 18.2 Å². The first-order valence-electron chi connectivity index (χ1n) is 7.36. The van der Waals surface area contributed by atoms with Crippen LogP contribution in [0.5, 0.6) is 0 Å². The second kappa shape index (κ2) is 10.3. The monoisotopic (exact) mass is 307 g/mol. The zero-order chi connectivity index (χ0) is 15.5. The molecule has 114 valence electrons. The van der Waals surface area contributed by atoms with Crippen molar-refractivity contribution in [2.75, 3.05) is 13.2 Å². The molecular weight excluding hydrogens is 286 g/mol. The van der Waals surface area contributed by atoms with E-state index in [2.05, 4.69) is 24.1 Å². The third-order valence-electron chi connectivity index (χ3n) is 3.01. The van der Waals surface area contributed by atoms with Crippen LogP contribution in [-0.4, -0.2) is 24.2 Å². The molecule has 3 nitrogen and oxygen atoms in total. The molecule has 1 amide bonds. The van der Waals surface area contributed by atoms with Gasteiger partial charge in [-0.15, -0.1) is 0 Å². The molecule has 0 saturated carbocycles. The topological polar surface area (TPSA) is 49.3 Å². The molecule has 2 N–H and O–H groups in total. The maximum Gasteiger partial charge on any atom is 0.251 e. The SMILES string of the molecule is CCCCCCNC(=O)c1ccc(C#CCCO)c(Cl)c1. The highest BCUT2D eigenvalue weighted by molar-refractivity contribution is 6.32. The average molecular weight is 308 g/mol. The van der Waals surface area contributed by atoms with Crippen LogP contribution >= 0.6 is 11.6 Å². The Morgan fingerprint density at radius 1 is 1.33 bits per heavy atom. The lowest BCUT2D eigenvalue weighted by atomic mass is 10.1. The van der Waals surface area contributed by atoms with Gasteiger partial charge in [0.25, 0.3) is 5.91 Å². The van der Waals surface area contributed by atoms with E-state index >= 15 is 0 Å². The molecule has 1 aromatic carbocycles. The van der Waals surface area contributed by atoms with Crippen LogP contribution in [0.2, 0.25) is 5.02 Å². The zero-order valence-corrected chi connectivity index (χ0v) is 13.2. The van der Waals surface area contributed by atoms with Crippen LogP contribution in [-0.2, 0) is 0 Å². The summed E-state index contributed by atoms with van der Waals surface area (Å²) >= 11 is 6.11. The Morgan fingerprint density at radius 3 is 2.81 bits per heavy atom. The molecule has 1 aromatic rings. The Balaban J connectivity index is 2.54. The maximum absolute atomic E-state index is 12.0. The number of benzene rings is 1. The van der Waals surface area contributed by atoms with Gasteiger partial charge < -0.3 is 10.4 Å². The first-order chi connectivity index (χ1) is 10.2. The molecule has 0 aliphatic heterocycles. The van der Waals surface area contributed by atoms with Gasteiger partial charge in [-0.25, -0.2) is 0 Å². The van der Waals surface area contributed by atoms with Crippen molar-refractivity contribution < 1.29 is 9.90 Å². The summed E-state index contributed by atoms with van der Waals surface area (Å²) in [5.74, 6) is 5.57. The summed E-state index contributed by atoms with van der Waals surface area (Å²) in [7, 11) is 0. The summed E-state index contributed by atoms with van der Waals surface area (Å²) in [5.41, 5.74) is 1.22. The van der Waals surface area contributed by atoms with Crippen molar-refractivity contribution in [1.29, 1.82) is 0 Å². The zero-order valence-electron chi connectivity index (χ0n) is 12.4. The molecule has 21 heavy (non-hydrogen) atoms. The lowest BCUT2D eigenvalue weighted by Crippen LogP contribution is -2.24. The molecule has 0 atom stereocenters. The minimum atomic E-state index is -0.108. The van der Waals surface area contributed by atoms with E-state index in [-0.39, 0.29) is 12.5 Å². The van der Waals surface area contributed by atoms with Gasteiger partial charge in [0.15, 0.2) is 0 Å². The molecule has 0 aromatic heterocycles. The Morgan fingerprint density at radius 2 is 2.14 bits per heavy atom. The fourth-order valence-electron chi connectivity index (χ4n) is 1.83. The minimum Gasteiger partial charge on any atom is -0.395 e. The molecule has 0 aliphatic carbocycles. The summed E-state index contributed by atoms with van der Waals surface area (Å²) in [5, 5.41) is 12.0. The van der Waals surface area contributed by atoms with E-state index in [4.69, 9.17) is 16.7 Å². The first-order valence-corrected chi connectivity index (χ1v) is 7.74. The number of halogens is 1. The van der Waals surface area contributed by atoms with Crippen molar-refractivity contribution in [2.45, 2.75) is 39.0 Å². The van der Waals surface area contributed by atoms with Crippen molar-refractivity contribution in [3.05, 3.63) is 34.3 Å². The Bertz CT molecular complexity index is 517. The molecular formula is C17H22ClNO2. The number of hydrogen-bond acceptors (Lipinski definition) is 2. The lowest BCUT2D eigenvalue weighted by molar-refractivity contribution is 0.0953. The largest absolute Gasteiger partial charge is 0.395 e. The van der Waals surface area contributed by atoms with Gasteiger partial charge in [0, 0.05) is 24.1 Å². The van der Waals surface area contributed by atoms with Crippen molar-refractivity contribution in [3.8, 4) is 11.8 Å².